The first kappa shape index (κ1) is 58.2. The summed E-state index contributed by atoms with van der Waals surface area (Å²) >= 11 is 0. The Balaban J connectivity index is 0.000000427. The molecule has 0 saturated carbocycles. The molecule has 83 heavy (non-hydrogen) atoms. The molecule has 2 aliphatic rings. The van der Waals surface area contributed by atoms with Crippen molar-refractivity contribution in [1.82, 2.24) is 0 Å². The summed E-state index contributed by atoms with van der Waals surface area (Å²) in [5.74, 6) is -3.33. The van der Waals surface area contributed by atoms with Gasteiger partial charge in [-0.1, -0.05) is 50.9 Å². The number of amides is 6. The van der Waals surface area contributed by atoms with Crippen LogP contribution >= 0.6 is 0 Å². The zero-order valence-electron chi connectivity index (χ0n) is 43.8. The topological polar surface area (TPSA) is 249 Å². The third kappa shape index (κ3) is 13.1. The summed E-state index contributed by atoms with van der Waals surface area (Å²) in [5, 5.41) is 9.76. The second-order valence-electron chi connectivity index (χ2n) is 18.6. The van der Waals surface area contributed by atoms with Gasteiger partial charge in [-0.25, -0.2) is 27.8 Å². The number of imide groups is 2. The summed E-state index contributed by atoms with van der Waals surface area (Å²) in [5.41, 5.74) is 3.99. The van der Waals surface area contributed by atoms with E-state index in [0.29, 0.717) is 44.6 Å². The van der Waals surface area contributed by atoms with Gasteiger partial charge in [0.1, 0.15) is 11.5 Å². The van der Waals surface area contributed by atoms with Crippen LogP contribution in [0, 0.1) is 0 Å². The molecule has 0 aliphatic carbocycles. The molecule has 8 aromatic carbocycles. The molecule has 8 aromatic rings. The number of sulfone groups is 1. The first-order valence-electron chi connectivity index (χ1n) is 25.0. The Morgan fingerprint density at radius 2 is 0.867 bits per heavy atom. The molecule has 19 heteroatoms. The Labute approximate surface area is 476 Å². The molecule has 2 heterocycles. The zero-order valence-corrected chi connectivity index (χ0v) is 44.6. The van der Waals surface area contributed by atoms with E-state index >= 15 is 0 Å². The number of ether oxygens (including phenoxy) is 2. The molecule has 18 nitrogen and oxygen atoms in total. The third-order valence-corrected chi connectivity index (χ3v) is 14.7. The summed E-state index contributed by atoms with van der Waals surface area (Å²) in [6, 6.07) is 46.3. The van der Waals surface area contributed by atoms with Gasteiger partial charge < -0.3 is 25.4 Å². The van der Waals surface area contributed by atoms with Gasteiger partial charge in [0.2, 0.25) is 21.7 Å². The summed E-state index contributed by atoms with van der Waals surface area (Å²) in [4.78, 5) is 113. The number of carbonyl (C=O) groups is 9. The predicted molar refractivity (Wildman–Crippen MR) is 313 cm³/mol. The van der Waals surface area contributed by atoms with Crippen molar-refractivity contribution in [2.24, 2.45) is 0 Å². The molecule has 416 valence electrons. The number of hydrogen-bond donors (Lipinski definition) is 3. The van der Waals surface area contributed by atoms with Crippen LogP contribution in [-0.4, -0.2) is 68.6 Å². The van der Waals surface area contributed by atoms with Crippen LogP contribution in [0.2, 0.25) is 0 Å². The van der Waals surface area contributed by atoms with Gasteiger partial charge >= 0.3 is 11.9 Å². The highest BCUT2D eigenvalue weighted by atomic mass is 32.2. The first-order chi connectivity index (χ1) is 39.3. The standard InChI is InChI=1S/C50H36N4O10S.C13H11NO3.CH4/c1-30-24-45(55)54(48(30)58)40-20-16-31(17-21-40)46(56)52-38-7-4-10-43(28-38)65(61,62)44-11-5-8-39(29-44)53-47(57)32-18-22-41(23-19-32)63-49(59)35-14-12-34-26-36(15-13-33(34)25-35)50(60)64-42-9-3-6-37(27-42)51-2;1-8-7-12(16)14(13(8)17)11-5-3-10(4-6-11)9(2)15;/h3-23,25-29,51H,1,24H2,2H3,(H,52,56)(H,53,57);3-6H,1,7H2,2H3;1H4. The predicted octanol–water partition coefficient (Wildman–Crippen LogP) is 10.8. The van der Waals surface area contributed by atoms with E-state index in [1.54, 1.807) is 85.9 Å². The van der Waals surface area contributed by atoms with Crippen molar-refractivity contribution in [2.75, 3.05) is 32.8 Å². The summed E-state index contributed by atoms with van der Waals surface area (Å²) < 4.78 is 38.6. The van der Waals surface area contributed by atoms with Gasteiger partial charge in [-0.3, -0.25) is 33.6 Å². The first-order valence-corrected chi connectivity index (χ1v) is 26.5. The number of nitrogens with one attached hydrogen (secondary N) is 3. The van der Waals surface area contributed by atoms with Crippen molar-refractivity contribution in [3.8, 4) is 11.5 Å². The van der Waals surface area contributed by atoms with Gasteiger partial charge in [0.15, 0.2) is 5.78 Å². The average molecular weight is 1130 g/mol. The van der Waals surface area contributed by atoms with Gasteiger partial charge in [-0.15, -0.1) is 0 Å². The zero-order chi connectivity index (χ0) is 58.4. The molecule has 2 aliphatic heterocycles. The number of anilines is 5. The monoisotopic (exact) mass is 1130 g/mol. The highest BCUT2D eigenvalue weighted by Crippen LogP contribution is 2.30. The number of nitrogens with zero attached hydrogens (tertiary/aromatic N) is 2. The molecule has 0 atom stereocenters. The fourth-order valence-electron chi connectivity index (χ4n) is 8.59. The van der Waals surface area contributed by atoms with Crippen molar-refractivity contribution in [3.05, 3.63) is 234 Å². The van der Waals surface area contributed by atoms with Crippen LogP contribution in [0.15, 0.2) is 216 Å². The van der Waals surface area contributed by atoms with Crippen LogP contribution < -0.4 is 35.2 Å². The lowest BCUT2D eigenvalue weighted by molar-refractivity contribution is -0.122. The number of hydrogen-bond acceptors (Lipinski definition) is 14. The van der Waals surface area contributed by atoms with E-state index in [-0.39, 0.29) is 87.0 Å². The SMILES string of the molecule is C.C=C1CC(=O)N(c2ccc(C(=O)Nc3cccc(S(=O)(=O)c4cccc(NC(=O)c5ccc(OC(=O)c6ccc7cc(C(=O)Oc8cccc(NC)c8)ccc7c6)cc5)c4)c3)cc2)C1=O.C=C1CC(=O)N(c2ccc(C(C)=O)cc2)C1=O. The smallest absolute Gasteiger partial charge is 0.343 e. The fraction of sp³-hybridized carbons (Fsp3) is 0.0781. The number of Topliss-reactive ketones (excluding diaryl/α,β-unsaturated/α-hetero) is 1. The molecule has 6 amide bonds. The number of benzene rings is 8. The Morgan fingerprint density at radius 3 is 1.29 bits per heavy atom. The highest BCUT2D eigenvalue weighted by molar-refractivity contribution is 7.91. The molecule has 2 fully saturated rings. The molecule has 10 rings (SSSR count). The van der Waals surface area contributed by atoms with Gasteiger partial charge in [0.25, 0.3) is 23.6 Å². The molecular weight excluding hydrogens is 1080 g/mol. The van der Waals surface area contributed by atoms with Gasteiger partial charge in [-0.2, -0.15) is 0 Å². The quantitative estimate of drug-likeness (QED) is 0.0301. The van der Waals surface area contributed by atoms with E-state index in [2.05, 4.69) is 29.1 Å². The largest absolute Gasteiger partial charge is 0.423 e. The van der Waals surface area contributed by atoms with Crippen molar-refractivity contribution in [2.45, 2.75) is 37.0 Å². The molecule has 0 radical (unpaired) electrons. The van der Waals surface area contributed by atoms with Gasteiger partial charge in [-0.05, 0) is 163 Å². The summed E-state index contributed by atoms with van der Waals surface area (Å²) in [6.45, 7) is 8.60. The Hall–Kier alpha value is -10.9. The van der Waals surface area contributed by atoms with Crippen LogP contribution in [0.3, 0.4) is 0 Å². The van der Waals surface area contributed by atoms with Crippen LogP contribution in [-0.2, 0) is 29.0 Å². The second-order valence-corrected chi connectivity index (χ2v) is 20.6. The van der Waals surface area contributed by atoms with Crippen LogP contribution in [0.4, 0.5) is 28.4 Å². The van der Waals surface area contributed by atoms with Crippen molar-refractivity contribution < 1.29 is 61.0 Å². The Kier molecular flexibility index (Phi) is 17.3. The lowest BCUT2D eigenvalue weighted by Crippen LogP contribution is -2.28. The lowest BCUT2D eigenvalue weighted by Gasteiger charge is -2.14. The van der Waals surface area contributed by atoms with Gasteiger partial charge in [0, 0.05) is 58.0 Å². The van der Waals surface area contributed by atoms with E-state index in [1.165, 1.54) is 104 Å². The number of esters is 2. The maximum Gasteiger partial charge on any atom is 0.343 e. The normalized spacial score (nSPS) is 12.9. The van der Waals surface area contributed by atoms with Gasteiger partial charge in [0.05, 0.1) is 45.1 Å². The number of carbonyl (C=O) groups excluding carboxylic acids is 9. The maximum absolute atomic E-state index is 13.7. The van der Waals surface area contributed by atoms with E-state index in [0.717, 1.165) is 15.5 Å². The fourth-order valence-corrected chi connectivity index (χ4v) is 9.94. The minimum absolute atomic E-state index is 0. The number of fused-ring (bicyclic) bond motifs is 1. The summed E-state index contributed by atoms with van der Waals surface area (Å²) in [7, 11) is -2.37. The molecular formula is C64H51N5O13S. The maximum atomic E-state index is 13.7. The highest BCUT2D eigenvalue weighted by Gasteiger charge is 2.35. The van der Waals surface area contributed by atoms with Crippen molar-refractivity contribution in [1.29, 1.82) is 0 Å². The molecule has 2 saturated heterocycles. The summed E-state index contributed by atoms with van der Waals surface area (Å²) in [6.07, 6.45) is -0.0135. The second kappa shape index (κ2) is 24.6. The van der Waals surface area contributed by atoms with Crippen molar-refractivity contribution >= 4 is 102 Å². The van der Waals surface area contributed by atoms with Crippen LogP contribution in [0.1, 0.15) is 79.0 Å². The van der Waals surface area contributed by atoms with E-state index in [4.69, 9.17) is 9.47 Å². The minimum atomic E-state index is -4.13. The minimum Gasteiger partial charge on any atom is -0.423 e. The molecule has 0 spiro atoms. The van der Waals surface area contributed by atoms with Crippen LogP contribution in [0.25, 0.3) is 10.8 Å². The van der Waals surface area contributed by atoms with E-state index < -0.39 is 45.4 Å². The average Bonchev–Trinajstić information content (AvgIpc) is 4.11. The Bertz CT molecular complexity index is 4120. The molecule has 0 bridgehead atoms. The number of rotatable bonds is 14. The van der Waals surface area contributed by atoms with E-state index in [1.807, 2.05) is 6.07 Å². The molecule has 0 aromatic heterocycles. The molecule has 0 unspecified atom stereocenters. The Morgan fingerprint density at radius 1 is 0.470 bits per heavy atom. The lowest BCUT2D eigenvalue weighted by atomic mass is 10.0. The molecule has 3 N–H and O–H groups in total. The third-order valence-electron chi connectivity index (χ3n) is 12.9. The van der Waals surface area contributed by atoms with Crippen LogP contribution in [0.5, 0.6) is 11.5 Å². The van der Waals surface area contributed by atoms with E-state index in [9.17, 15) is 51.6 Å². The van der Waals surface area contributed by atoms with Crippen molar-refractivity contribution in [3.63, 3.8) is 0 Å². The number of ketones is 1.